The standard InChI is InChI=1S/C50H100N2O6/c1-5-9-13-17-21-25-31-37-45(35-29-23-19-15-11-7-3)51(41-47(55)49(57)43-53)39-33-27-28-34-40-52(42-48(56)50(58)44-54)46(36-30-24-20-16-12-8-4)38-32-26-22-18-14-10-6-2/h37-38,47-50,53-58H,5-36,39-44H2,1-4H3/b45-37-,46-38-/t47-,48-,49+,50+/m0/s1. The SMILES string of the molecule is CCCCCCCC/C=C(/CCCCCCCC)N(CCCCCCN(C[C@H](O)[C@H](O)CO)/C(=C\CCCCCCCC)CCCCCCCC)C[C@H](O)[C@H](O)CO. The molecular weight excluding hydrogens is 725 g/mol. The molecule has 0 aromatic heterocycles. The third-order valence-corrected chi connectivity index (χ3v) is 11.9. The van der Waals surface area contributed by atoms with E-state index in [1.807, 2.05) is 0 Å². The Bertz CT molecular complexity index is 845. The second-order valence-electron chi connectivity index (χ2n) is 17.5. The number of aliphatic hydroxyl groups is 6. The highest BCUT2D eigenvalue weighted by molar-refractivity contribution is 5.04. The summed E-state index contributed by atoms with van der Waals surface area (Å²) in [6.45, 7) is 10.4. The van der Waals surface area contributed by atoms with Crippen LogP contribution in [0.5, 0.6) is 0 Å². The van der Waals surface area contributed by atoms with Gasteiger partial charge in [-0.25, -0.2) is 0 Å². The maximum absolute atomic E-state index is 10.9. The molecule has 0 aliphatic heterocycles. The van der Waals surface area contributed by atoms with Gasteiger partial charge in [-0.2, -0.15) is 0 Å². The number of hydrogen-bond acceptors (Lipinski definition) is 8. The Kier molecular flexibility index (Phi) is 41.7. The van der Waals surface area contributed by atoms with Crippen LogP contribution in [0, 0.1) is 0 Å². The zero-order valence-corrected chi connectivity index (χ0v) is 38.9. The lowest BCUT2D eigenvalue weighted by Crippen LogP contribution is -2.41. The van der Waals surface area contributed by atoms with Gasteiger partial charge < -0.3 is 40.4 Å². The summed E-state index contributed by atoms with van der Waals surface area (Å²) in [7, 11) is 0. The molecule has 0 amide bonds. The fourth-order valence-electron chi connectivity index (χ4n) is 7.94. The summed E-state index contributed by atoms with van der Waals surface area (Å²) in [6.07, 6.45) is 38.5. The summed E-state index contributed by atoms with van der Waals surface area (Å²) in [4.78, 5) is 4.60. The van der Waals surface area contributed by atoms with E-state index in [4.69, 9.17) is 0 Å². The zero-order chi connectivity index (χ0) is 42.9. The minimum absolute atomic E-state index is 0.323. The second-order valence-corrected chi connectivity index (χ2v) is 17.5. The smallest absolute Gasteiger partial charge is 0.105 e. The molecule has 0 aromatic rings. The molecule has 0 aliphatic carbocycles. The van der Waals surface area contributed by atoms with Gasteiger partial charge in [0.2, 0.25) is 0 Å². The van der Waals surface area contributed by atoms with Crippen LogP contribution in [0.1, 0.15) is 233 Å². The van der Waals surface area contributed by atoms with Crippen LogP contribution in [-0.4, -0.2) is 104 Å². The van der Waals surface area contributed by atoms with E-state index in [0.29, 0.717) is 13.1 Å². The topological polar surface area (TPSA) is 128 Å². The molecule has 58 heavy (non-hydrogen) atoms. The first-order chi connectivity index (χ1) is 28.3. The van der Waals surface area contributed by atoms with Gasteiger partial charge in [0, 0.05) is 37.6 Å². The Morgan fingerprint density at radius 3 is 0.948 bits per heavy atom. The Balaban J connectivity index is 5.75. The van der Waals surface area contributed by atoms with E-state index >= 15 is 0 Å². The zero-order valence-electron chi connectivity index (χ0n) is 38.9. The molecule has 0 unspecified atom stereocenters. The van der Waals surface area contributed by atoms with Crippen molar-refractivity contribution in [3.05, 3.63) is 23.5 Å². The minimum Gasteiger partial charge on any atom is -0.394 e. The van der Waals surface area contributed by atoms with E-state index in [-0.39, 0.29) is 0 Å². The van der Waals surface area contributed by atoms with Crippen LogP contribution in [0.3, 0.4) is 0 Å². The molecule has 4 atom stereocenters. The van der Waals surface area contributed by atoms with Crippen molar-refractivity contribution in [2.24, 2.45) is 0 Å². The number of unbranched alkanes of at least 4 members (excludes halogenated alkanes) is 25. The monoisotopic (exact) mass is 825 g/mol. The van der Waals surface area contributed by atoms with E-state index < -0.39 is 37.6 Å². The molecule has 8 nitrogen and oxygen atoms in total. The third-order valence-electron chi connectivity index (χ3n) is 11.9. The number of hydrogen-bond donors (Lipinski definition) is 6. The van der Waals surface area contributed by atoms with Crippen molar-refractivity contribution in [1.29, 1.82) is 0 Å². The van der Waals surface area contributed by atoms with Gasteiger partial charge in [-0.3, -0.25) is 0 Å². The van der Waals surface area contributed by atoms with Crippen LogP contribution < -0.4 is 0 Å². The average Bonchev–Trinajstić information content (AvgIpc) is 3.23. The normalized spacial score (nSPS) is 14.5. The van der Waals surface area contributed by atoms with Crippen LogP contribution in [0.25, 0.3) is 0 Å². The lowest BCUT2D eigenvalue weighted by molar-refractivity contribution is -0.0263. The van der Waals surface area contributed by atoms with Crippen molar-refractivity contribution >= 4 is 0 Å². The molecule has 0 fully saturated rings. The predicted molar refractivity (Wildman–Crippen MR) is 248 cm³/mol. The van der Waals surface area contributed by atoms with Crippen molar-refractivity contribution in [2.45, 2.75) is 258 Å². The summed E-state index contributed by atoms with van der Waals surface area (Å²) >= 11 is 0. The van der Waals surface area contributed by atoms with Gasteiger partial charge in [-0.15, -0.1) is 0 Å². The molecule has 0 aromatic carbocycles. The third kappa shape index (κ3) is 32.6. The van der Waals surface area contributed by atoms with Gasteiger partial charge in [-0.05, 0) is 64.2 Å². The summed E-state index contributed by atoms with van der Waals surface area (Å²) in [5.41, 5.74) is 2.57. The van der Waals surface area contributed by atoms with E-state index in [1.54, 1.807) is 0 Å². The average molecular weight is 825 g/mol. The highest BCUT2D eigenvalue weighted by atomic mass is 16.4. The van der Waals surface area contributed by atoms with Crippen molar-refractivity contribution in [3.8, 4) is 0 Å². The largest absolute Gasteiger partial charge is 0.394 e. The fraction of sp³-hybridized carbons (Fsp3) is 0.920. The van der Waals surface area contributed by atoms with Crippen LogP contribution in [-0.2, 0) is 0 Å². The first-order valence-corrected chi connectivity index (χ1v) is 25.1. The lowest BCUT2D eigenvalue weighted by atomic mass is 10.0. The lowest BCUT2D eigenvalue weighted by Gasteiger charge is -2.32. The summed E-state index contributed by atoms with van der Waals surface area (Å²) in [5.74, 6) is 0. The number of aliphatic hydroxyl groups excluding tert-OH is 6. The molecule has 0 bridgehead atoms. The van der Waals surface area contributed by atoms with Gasteiger partial charge in [-0.1, -0.05) is 181 Å². The molecule has 0 saturated heterocycles. The Morgan fingerprint density at radius 2 is 0.638 bits per heavy atom. The molecule has 6 N–H and O–H groups in total. The first-order valence-electron chi connectivity index (χ1n) is 25.1. The Labute approximate surface area is 360 Å². The van der Waals surface area contributed by atoms with Crippen LogP contribution >= 0.6 is 0 Å². The van der Waals surface area contributed by atoms with Crippen LogP contribution in [0.4, 0.5) is 0 Å². The minimum atomic E-state index is -1.15. The highest BCUT2D eigenvalue weighted by Gasteiger charge is 2.22. The molecule has 0 saturated carbocycles. The molecule has 0 spiro atoms. The molecule has 0 rings (SSSR count). The highest BCUT2D eigenvalue weighted by Crippen LogP contribution is 2.23. The van der Waals surface area contributed by atoms with Crippen LogP contribution in [0.2, 0.25) is 0 Å². The second kappa shape index (κ2) is 42.5. The van der Waals surface area contributed by atoms with E-state index in [1.165, 1.54) is 153 Å². The summed E-state index contributed by atoms with van der Waals surface area (Å²) in [6, 6.07) is 0. The molecule has 346 valence electrons. The first kappa shape index (κ1) is 56.8. The number of nitrogens with zero attached hydrogens (tertiary/aromatic N) is 2. The number of rotatable bonds is 45. The van der Waals surface area contributed by atoms with E-state index in [9.17, 15) is 30.6 Å². The predicted octanol–water partition coefficient (Wildman–Crippen LogP) is 11.3. The molecule has 0 heterocycles. The van der Waals surface area contributed by atoms with E-state index in [2.05, 4.69) is 49.6 Å². The van der Waals surface area contributed by atoms with Gasteiger partial charge in [0.05, 0.1) is 25.4 Å². The van der Waals surface area contributed by atoms with Crippen LogP contribution in [0.15, 0.2) is 23.5 Å². The fourth-order valence-corrected chi connectivity index (χ4v) is 7.94. The van der Waals surface area contributed by atoms with Crippen molar-refractivity contribution in [1.82, 2.24) is 9.80 Å². The van der Waals surface area contributed by atoms with Gasteiger partial charge in [0.1, 0.15) is 12.2 Å². The molecule has 0 aliphatic rings. The summed E-state index contributed by atoms with van der Waals surface area (Å²) < 4.78 is 0. The maximum Gasteiger partial charge on any atom is 0.105 e. The van der Waals surface area contributed by atoms with Crippen molar-refractivity contribution < 1.29 is 30.6 Å². The van der Waals surface area contributed by atoms with Crippen molar-refractivity contribution in [3.63, 3.8) is 0 Å². The van der Waals surface area contributed by atoms with Gasteiger partial charge in [0.25, 0.3) is 0 Å². The summed E-state index contributed by atoms with van der Waals surface area (Å²) in [5, 5.41) is 61.7. The molecule has 8 heteroatoms. The Morgan fingerprint density at radius 1 is 0.362 bits per heavy atom. The van der Waals surface area contributed by atoms with Crippen molar-refractivity contribution in [2.75, 3.05) is 39.4 Å². The Hall–Kier alpha value is -1.16. The van der Waals surface area contributed by atoms with Gasteiger partial charge >= 0.3 is 0 Å². The number of allylic oxidation sites excluding steroid dienone is 4. The quantitative estimate of drug-likeness (QED) is 0.0335. The molecular formula is C50H100N2O6. The molecule has 0 radical (unpaired) electrons. The van der Waals surface area contributed by atoms with Gasteiger partial charge in [0.15, 0.2) is 0 Å². The van der Waals surface area contributed by atoms with E-state index in [0.717, 1.165) is 77.3 Å². The maximum atomic E-state index is 10.9.